The fraction of sp³-hybridized carbons (Fsp3) is 0.533. The number of hydrogen-bond acceptors (Lipinski definition) is 2. The van der Waals surface area contributed by atoms with Crippen LogP contribution in [0.15, 0.2) is 12.1 Å². The van der Waals surface area contributed by atoms with E-state index in [1.807, 2.05) is 0 Å². The third kappa shape index (κ3) is 1.74. The lowest BCUT2D eigenvalue weighted by atomic mass is 9.97. The Balaban J connectivity index is 2.13. The van der Waals surface area contributed by atoms with Gasteiger partial charge >= 0.3 is 0 Å². The Bertz CT molecular complexity index is 577. The maximum Gasteiger partial charge on any atom is 0.112 e. The summed E-state index contributed by atoms with van der Waals surface area (Å²) in [5.41, 5.74) is 5.11. The van der Waals surface area contributed by atoms with Crippen LogP contribution in [0.1, 0.15) is 35.7 Å². The van der Waals surface area contributed by atoms with Crippen LogP contribution < -0.4 is 5.32 Å². The summed E-state index contributed by atoms with van der Waals surface area (Å²) in [5, 5.41) is 3.42. The standard InChI is InChI=1S/C15H21N3/c1-10-4-5-13-14(11(10)2)17-15(18(13)3)12-6-8-16-9-7-12/h4-5,12,16H,6-9H2,1-3H3. The quantitative estimate of drug-likeness (QED) is 0.834. The maximum absolute atomic E-state index is 4.93. The molecule has 0 amide bonds. The van der Waals surface area contributed by atoms with Gasteiger partial charge in [-0.15, -0.1) is 0 Å². The average Bonchev–Trinajstić information content (AvgIpc) is 2.73. The number of imidazole rings is 1. The van der Waals surface area contributed by atoms with Crippen LogP contribution in [0.4, 0.5) is 0 Å². The minimum Gasteiger partial charge on any atom is -0.331 e. The number of benzene rings is 1. The molecule has 0 atom stereocenters. The molecule has 3 heteroatoms. The molecule has 0 unspecified atom stereocenters. The molecular formula is C15H21N3. The Morgan fingerprint density at radius 3 is 2.67 bits per heavy atom. The topological polar surface area (TPSA) is 29.9 Å². The molecule has 1 saturated heterocycles. The fourth-order valence-electron chi connectivity index (χ4n) is 2.96. The van der Waals surface area contributed by atoms with Crippen molar-refractivity contribution >= 4 is 11.0 Å². The monoisotopic (exact) mass is 243 g/mol. The van der Waals surface area contributed by atoms with Crippen molar-refractivity contribution in [3.63, 3.8) is 0 Å². The largest absolute Gasteiger partial charge is 0.331 e. The van der Waals surface area contributed by atoms with Gasteiger partial charge < -0.3 is 9.88 Å². The minimum absolute atomic E-state index is 0.614. The molecule has 2 heterocycles. The number of nitrogens with zero attached hydrogens (tertiary/aromatic N) is 2. The van der Waals surface area contributed by atoms with E-state index in [1.165, 1.54) is 40.8 Å². The van der Waals surface area contributed by atoms with Gasteiger partial charge in [-0.3, -0.25) is 0 Å². The number of aryl methyl sites for hydroxylation is 3. The van der Waals surface area contributed by atoms with Crippen LogP contribution in [-0.4, -0.2) is 22.6 Å². The van der Waals surface area contributed by atoms with E-state index in [4.69, 9.17) is 4.98 Å². The number of rotatable bonds is 1. The van der Waals surface area contributed by atoms with Crippen LogP contribution in [0, 0.1) is 13.8 Å². The second-order valence-electron chi connectivity index (χ2n) is 5.43. The van der Waals surface area contributed by atoms with Crippen LogP contribution >= 0.6 is 0 Å². The summed E-state index contributed by atoms with van der Waals surface area (Å²) in [5.74, 6) is 1.88. The molecule has 1 aromatic heterocycles. The molecule has 1 aliphatic heterocycles. The second kappa shape index (κ2) is 4.39. The molecule has 0 radical (unpaired) electrons. The number of hydrogen-bond donors (Lipinski definition) is 1. The molecule has 1 N–H and O–H groups in total. The van der Waals surface area contributed by atoms with Gasteiger partial charge in [-0.2, -0.15) is 0 Å². The molecular weight excluding hydrogens is 222 g/mol. The molecule has 0 spiro atoms. The Hall–Kier alpha value is -1.35. The van der Waals surface area contributed by atoms with Crippen LogP contribution in [0.2, 0.25) is 0 Å². The molecule has 2 aromatic rings. The maximum atomic E-state index is 4.93. The molecule has 3 rings (SSSR count). The molecule has 1 aliphatic rings. The molecule has 18 heavy (non-hydrogen) atoms. The van der Waals surface area contributed by atoms with Gasteiger partial charge in [0, 0.05) is 13.0 Å². The van der Waals surface area contributed by atoms with Gasteiger partial charge in [0.25, 0.3) is 0 Å². The zero-order valence-electron chi connectivity index (χ0n) is 11.5. The van der Waals surface area contributed by atoms with Gasteiger partial charge in [0.1, 0.15) is 5.82 Å². The molecule has 0 saturated carbocycles. The summed E-state index contributed by atoms with van der Waals surface area (Å²) in [6.45, 7) is 6.57. The summed E-state index contributed by atoms with van der Waals surface area (Å²) in [6, 6.07) is 4.40. The SMILES string of the molecule is Cc1ccc2c(nc(C3CCNCC3)n2C)c1C. The first kappa shape index (κ1) is 11.7. The Labute approximate surface area is 108 Å². The van der Waals surface area contributed by atoms with Crippen molar-refractivity contribution in [3.8, 4) is 0 Å². The third-order valence-corrected chi connectivity index (χ3v) is 4.32. The first-order valence-corrected chi connectivity index (χ1v) is 6.81. The van der Waals surface area contributed by atoms with Crippen LogP contribution in [-0.2, 0) is 7.05 Å². The van der Waals surface area contributed by atoms with Crippen molar-refractivity contribution < 1.29 is 0 Å². The number of nitrogens with one attached hydrogen (secondary N) is 1. The van der Waals surface area contributed by atoms with E-state index in [-0.39, 0.29) is 0 Å². The predicted octanol–water partition coefficient (Wildman–Crippen LogP) is 2.66. The highest BCUT2D eigenvalue weighted by Crippen LogP contribution is 2.29. The first-order valence-electron chi connectivity index (χ1n) is 6.81. The fourth-order valence-corrected chi connectivity index (χ4v) is 2.96. The van der Waals surface area contributed by atoms with Crippen molar-refractivity contribution in [2.24, 2.45) is 7.05 Å². The van der Waals surface area contributed by atoms with Crippen LogP contribution in [0.3, 0.4) is 0 Å². The number of piperidine rings is 1. The summed E-state index contributed by atoms with van der Waals surface area (Å²) in [6.07, 6.45) is 2.41. The summed E-state index contributed by atoms with van der Waals surface area (Å²) < 4.78 is 2.29. The van der Waals surface area contributed by atoms with Crippen LogP contribution in [0.25, 0.3) is 11.0 Å². The first-order chi connectivity index (χ1) is 8.68. The van der Waals surface area contributed by atoms with Crippen molar-refractivity contribution in [2.75, 3.05) is 13.1 Å². The third-order valence-electron chi connectivity index (χ3n) is 4.32. The highest BCUT2D eigenvalue weighted by Gasteiger charge is 2.21. The van der Waals surface area contributed by atoms with Gasteiger partial charge in [-0.25, -0.2) is 4.98 Å². The van der Waals surface area contributed by atoms with E-state index in [0.29, 0.717) is 5.92 Å². The van der Waals surface area contributed by atoms with Crippen molar-refractivity contribution in [2.45, 2.75) is 32.6 Å². The van der Waals surface area contributed by atoms with E-state index in [1.54, 1.807) is 0 Å². The summed E-state index contributed by atoms with van der Waals surface area (Å²) >= 11 is 0. The predicted molar refractivity (Wildman–Crippen MR) is 75.0 cm³/mol. The van der Waals surface area contributed by atoms with E-state index in [0.717, 1.165) is 13.1 Å². The molecule has 0 aliphatic carbocycles. The van der Waals surface area contributed by atoms with Crippen molar-refractivity contribution in [3.05, 3.63) is 29.1 Å². The number of aromatic nitrogens is 2. The lowest BCUT2D eigenvalue weighted by molar-refractivity contribution is 0.438. The zero-order chi connectivity index (χ0) is 12.7. The smallest absolute Gasteiger partial charge is 0.112 e. The van der Waals surface area contributed by atoms with Crippen molar-refractivity contribution in [1.82, 2.24) is 14.9 Å². The zero-order valence-corrected chi connectivity index (χ0v) is 11.5. The average molecular weight is 243 g/mol. The van der Waals surface area contributed by atoms with Gasteiger partial charge in [0.05, 0.1) is 11.0 Å². The Kier molecular flexibility index (Phi) is 2.86. The van der Waals surface area contributed by atoms with Crippen LogP contribution in [0.5, 0.6) is 0 Å². The lowest BCUT2D eigenvalue weighted by Gasteiger charge is -2.22. The summed E-state index contributed by atoms with van der Waals surface area (Å²) in [4.78, 5) is 4.93. The normalized spacial score (nSPS) is 17.5. The van der Waals surface area contributed by atoms with Gasteiger partial charge in [-0.05, 0) is 57.0 Å². The molecule has 1 fully saturated rings. The Morgan fingerprint density at radius 2 is 1.94 bits per heavy atom. The highest BCUT2D eigenvalue weighted by molar-refractivity contribution is 5.80. The number of fused-ring (bicyclic) bond motifs is 1. The second-order valence-corrected chi connectivity index (χ2v) is 5.43. The van der Waals surface area contributed by atoms with E-state index < -0.39 is 0 Å². The summed E-state index contributed by atoms with van der Waals surface area (Å²) in [7, 11) is 2.15. The van der Waals surface area contributed by atoms with E-state index in [2.05, 4.69) is 42.9 Å². The molecule has 3 nitrogen and oxygen atoms in total. The molecule has 0 bridgehead atoms. The van der Waals surface area contributed by atoms with Gasteiger partial charge in [-0.1, -0.05) is 6.07 Å². The van der Waals surface area contributed by atoms with Crippen molar-refractivity contribution in [1.29, 1.82) is 0 Å². The minimum atomic E-state index is 0.614. The van der Waals surface area contributed by atoms with E-state index >= 15 is 0 Å². The lowest BCUT2D eigenvalue weighted by Crippen LogP contribution is -2.27. The van der Waals surface area contributed by atoms with E-state index in [9.17, 15) is 0 Å². The highest BCUT2D eigenvalue weighted by atomic mass is 15.1. The van der Waals surface area contributed by atoms with Gasteiger partial charge in [0.15, 0.2) is 0 Å². The van der Waals surface area contributed by atoms with Gasteiger partial charge in [0.2, 0.25) is 0 Å². The molecule has 96 valence electrons. The molecule has 1 aromatic carbocycles. The Morgan fingerprint density at radius 1 is 1.22 bits per heavy atom.